The van der Waals surface area contributed by atoms with Crippen LogP contribution >= 0.6 is 11.6 Å². The average molecular weight is 231 g/mol. The molecule has 0 saturated carbocycles. The summed E-state index contributed by atoms with van der Waals surface area (Å²) in [6, 6.07) is 10.6. The molecular weight excluding hydrogens is 224 g/mol. The molecule has 0 unspecified atom stereocenters. The van der Waals surface area contributed by atoms with E-state index >= 15 is 0 Å². The lowest BCUT2D eigenvalue weighted by molar-refractivity contribution is 0.565. The molecular formula is C12H7ClN2O. The number of pyridine rings is 1. The Balaban J connectivity index is 2.59. The molecule has 3 nitrogen and oxygen atoms in total. The molecule has 4 heteroatoms. The van der Waals surface area contributed by atoms with Crippen LogP contribution in [0.5, 0.6) is 0 Å². The van der Waals surface area contributed by atoms with Gasteiger partial charge in [0.2, 0.25) is 6.08 Å². The zero-order chi connectivity index (χ0) is 11.4. The van der Waals surface area contributed by atoms with E-state index in [-0.39, 0.29) is 0 Å². The fraction of sp³-hybridized carbons (Fsp3) is 0. The maximum atomic E-state index is 10.3. The monoisotopic (exact) mass is 230 g/mol. The number of hydrogen-bond donors (Lipinski definition) is 0. The van der Waals surface area contributed by atoms with E-state index in [9.17, 15) is 4.79 Å². The van der Waals surface area contributed by atoms with Gasteiger partial charge in [0.05, 0.1) is 5.69 Å². The van der Waals surface area contributed by atoms with Crippen LogP contribution in [0.4, 0.5) is 5.69 Å². The predicted molar refractivity (Wildman–Crippen MR) is 62.5 cm³/mol. The minimum absolute atomic E-state index is 0.486. The predicted octanol–water partition coefficient (Wildman–Crippen LogP) is 3.37. The van der Waals surface area contributed by atoms with Crippen LogP contribution in [0.1, 0.15) is 0 Å². The number of hydrogen-bond acceptors (Lipinski definition) is 3. The first-order valence-electron chi connectivity index (χ1n) is 4.60. The lowest BCUT2D eigenvalue weighted by atomic mass is 10.1. The van der Waals surface area contributed by atoms with Gasteiger partial charge >= 0.3 is 0 Å². The van der Waals surface area contributed by atoms with Crippen molar-refractivity contribution >= 4 is 23.4 Å². The maximum absolute atomic E-state index is 10.3. The summed E-state index contributed by atoms with van der Waals surface area (Å²) in [4.78, 5) is 18.1. The van der Waals surface area contributed by atoms with E-state index in [0.29, 0.717) is 16.4 Å². The van der Waals surface area contributed by atoms with Gasteiger partial charge in [0.25, 0.3) is 0 Å². The largest absolute Gasteiger partial charge is 0.254 e. The van der Waals surface area contributed by atoms with E-state index in [1.54, 1.807) is 30.5 Å². The molecule has 0 aliphatic heterocycles. The Hall–Kier alpha value is -1.96. The normalized spacial score (nSPS) is 9.56. The molecule has 1 heterocycles. The molecule has 0 saturated heterocycles. The van der Waals surface area contributed by atoms with E-state index in [1.807, 2.05) is 12.1 Å². The lowest BCUT2D eigenvalue weighted by Crippen LogP contribution is -1.83. The highest BCUT2D eigenvalue weighted by Crippen LogP contribution is 2.28. The third-order valence-electron chi connectivity index (χ3n) is 2.05. The highest BCUT2D eigenvalue weighted by Gasteiger charge is 2.05. The van der Waals surface area contributed by atoms with Gasteiger partial charge < -0.3 is 0 Å². The van der Waals surface area contributed by atoms with Crippen LogP contribution < -0.4 is 0 Å². The molecule has 0 bridgehead atoms. The highest BCUT2D eigenvalue weighted by atomic mass is 35.5. The molecule has 78 valence electrons. The number of benzene rings is 1. The Morgan fingerprint density at radius 2 is 2.12 bits per heavy atom. The van der Waals surface area contributed by atoms with Crippen molar-refractivity contribution in [1.82, 2.24) is 4.98 Å². The minimum Gasteiger partial charge on any atom is -0.254 e. The second kappa shape index (κ2) is 4.71. The molecule has 0 aliphatic rings. The maximum Gasteiger partial charge on any atom is 0.240 e. The summed E-state index contributed by atoms with van der Waals surface area (Å²) in [7, 11) is 0. The van der Waals surface area contributed by atoms with E-state index in [0.717, 1.165) is 5.56 Å². The second-order valence-electron chi connectivity index (χ2n) is 3.08. The molecule has 0 fully saturated rings. The van der Waals surface area contributed by atoms with Crippen LogP contribution in [0.15, 0.2) is 47.6 Å². The number of isocyanates is 1. The van der Waals surface area contributed by atoms with Crippen molar-refractivity contribution in [2.45, 2.75) is 0 Å². The van der Waals surface area contributed by atoms with Crippen LogP contribution in [0, 0.1) is 0 Å². The molecule has 0 radical (unpaired) electrons. The van der Waals surface area contributed by atoms with Crippen molar-refractivity contribution in [1.29, 1.82) is 0 Å². The number of carbonyl (C=O) groups excluding carboxylic acids is 1. The van der Waals surface area contributed by atoms with Crippen molar-refractivity contribution in [2.24, 2.45) is 4.99 Å². The van der Waals surface area contributed by atoms with Gasteiger partial charge in [-0.15, -0.1) is 0 Å². The summed E-state index contributed by atoms with van der Waals surface area (Å²) < 4.78 is 0. The Bertz CT molecular complexity index is 562. The number of rotatable bonds is 2. The fourth-order valence-corrected chi connectivity index (χ4v) is 1.58. The van der Waals surface area contributed by atoms with Gasteiger partial charge in [-0.1, -0.05) is 23.7 Å². The van der Waals surface area contributed by atoms with Gasteiger partial charge in [-0.2, -0.15) is 4.99 Å². The van der Waals surface area contributed by atoms with E-state index in [2.05, 4.69) is 9.98 Å². The molecule has 16 heavy (non-hydrogen) atoms. The van der Waals surface area contributed by atoms with Crippen molar-refractivity contribution in [3.63, 3.8) is 0 Å². The molecule has 0 spiro atoms. The van der Waals surface area contributed by atoms with E-state index in [4.69, 9.17) is 11.6 Å². The van der Waals surface area contributed by atoms with Crippen molar-refractivity contribution in [2.75, 3.05) is 0 Å². The zero-order valence-electron chi connectivity index (χ0n) is 8.22. The summed E-state index contributed by atoms with van der Waals surface area (Å²) in [6.07, 6.45) is 3.15. The Morgan fingerprint density at radius 1 is 1.25 bits per heavy atom. The summed E-state index contributed by atoms with van der Waals surface area (Å²) in [5.74, 6) is 0. The Morgan fingerprint density at radius 3 is 2.88 bits per heavy atom. The molecule has 2 aromatic rings. The van der Waals surface area contributed by atoms with Crippen LogP contribution in [0.3, 0.4) is 0 Å². The van der Waals surface area contributed by atoms with Crippen LogP contribution in [0.2, 0.25) is 5.02 Å². The first kappa shape index (κ1) is 10.6. The molecule has 1 aromatic carbocycles. The molecule has 0 aliphatic carbocycles. The summed E-state index contributed by atoms with van der Waals surface area (Å²) in [5, 5.41) is 0.615. The van der Waals surface area contributed by atoms with Crippen molar-refractivity contribution < 1.29 is 4.79 Å². The fourth-order valence-electron chi connectivity index (χ4n) is 1.39. The third kappa shape index (κ3) is 2.16. The van der Waals surface area contributed by atoms with Gasteiger partial charge in [-0.3, -0.25) is 4.98 Å². The summed E-state index contributed by atoms with van der Waals surface area (Å²) >= 11 is 5.89. The molecule has 0 N–H and O–H groups in total. The van der Waals surface area contributed by atoms with Crippen LogP contribution in [0.25, 0.3) is 11.3 Å². The minimum atomic E-state index is 0.486. The third-order valence-corrected chi connectivity index (χ3v) is 2.29. The number of nitrogens with zero attached hydrogens (tertiary/aromatic N) is 2. The summed E-state index contributed by atoms with van der Waals surface area (Å²) in [6.45, 7) is 0. The Labute approximate surface area is 97.4 Å². The highest BCUT2D eigenvalue weighted by molar-refractivity contribution is 6.30. The van der Waals surface area contributed by atoms with Crippen molar-refractivity contribution in [3.8, 4) is 11.3 Å². The van der Waals surface area contributed by atoms with Gasteiger partial charge in [0.1, 0.15) is 5.69 Å². The van der Waals surface area contributed by atoms with Crippen molar-refractivity contribution in [3.05, 3.63) is 47.6 Å². The lowest BCUT2D eigenvalue weighted by Gasteiger charge is -2.03. The van der Waals surface area contributed by atoms with Crippen LogP contribution in [-0.4, -0.2) is 11.1 Å². The number of halogens is 1. The molecule has 0 amide bonds. The second-order valence-corrected chi connectivity index (χ2v) is 3.52. The topological polar surface area (TPSA) is 42.3 Å². The van der Waals surface area contributed by atoms with Gasteiger partial charge in [0, 0.05) is 16.8 Å². The van der Waals surface area contributed by atoms with E-state index < -0.39 is 0 Å². The quantitative estimate of drug-likeness (QED) is 0.586. The molecule has 0 atom stereocenters. The van der Waals surface area contributed by atoms with Gasteiger partial charge in [-0.05, 0) is 24.3 Å². The van der Waals surface area contributed by atoms with E-state index in [1.165, 1.54) is 6.08 Å². The standard InChI is InChI=1S/C12H7ClN2O/c13-10-4-1-3-9(7-10)12-11(15-8-16)5-2-6-14-12/h1-7H. The summed E-state index contributed by atoms with van der Waals surface area (Å²) in [5.41, 5.74) is 1.93. The SMILES string of the molecule is O=C=Nc1cccnc1-c1cccc(Cl)c1. The van der Waals surface area contributed by atoms with Gasteiger partial charge in [0.15, 0.2) is 0 Å². The van der Waals surface area contributed by atoms with Gasteiger partial charge in [-0.25, -0.2) is 4.79 Å². The smallest absolute Gasteiger partial charge is 0.240 e. The molecule has 2 rings (SSSR count). The Kier molecular flexibility index (Phi) is 3.10. The molecule has 1 aromatic heterocycles. The number of aliphatic imine (C=N–C) groups is 1. The van der Waals surface area contributed by atoms with Crippen LogP contribution in [-0.2, 0) is 4.79 Å². The number of aromatic nitrogens is 1. The first-order chi connectivity index (χ1) is 7.81. The zero-order valence-corrected chi connectivity index (χ0v) is 8.98. The average Bonchev–Trinajstić information content (AvgIpc) is 2.30. The first-order valence-corrected chi connectivity index (χ1v) is 4.98.